The first-order chi connectivity index (χ1) is 7.36. The lowest BCUT2D eigenvalue weighted by Gasteiger charge is -2.01. The zero-order valence-corrected chi connectivity index (χ0v) is 8.08. The third-order valence-corrected chi connectivity index (χ3v) is 1.96. The molecule has 0 atom stereocenters. The molecule has 2 rings (SSSR count). The fourth-order valence-corrected chi connectivity index (χ4v) is 1.24. The van der Waals surface area contributed by atoms with Crippen molar-refractivity contribution in [3.8, 4) is 0 Å². The van der Waals surface area contributed by atoms with E-state index in [-0.39, 0.29) is 0 Å². The van der Waals surface area contributed by atoms with Gasteiger partial charge >= 0.3 is 0 Å². The van der Waals surface area contributed by atoms with E-state index >= 15 is 0 Å². The highest BCUT2D eigenvalue weighted by Crippen LogP contribution is 2.08. The Labute approximate surface area is 87.9 Å². The molecule has 0 unspecified atom stereocenters. The van der Waals surface area contributed by atoms with E-state index in [1.165, 1.54) is 6.21 Å². The molecule has 3 heteroatoms. The van der Waals surface area contributed by atoms with Crippen LogP contribution >= 0.6 is 0 Å². The van der Waals surface area contributed by atoms with Gasteiger partial charge in [0.1, 0.15) is 0 Å². The van der Waals surface area contributed by atoms with Crippen molar-refractivity contribution in [2.75, 3.05) is 0 Å². The average molecular weight is 198 g/mol. The number of aromatic nitrogens is 1. The van der Waals surface area contributed by atoms with Crippen molar-refractivity contribution in [3.05, 3.63) is 65.6 Å². The fraction of sp³-hybridized carbons (Fsp3) is 0. The minimum Gasteiger partial charge on any atom is -0.618 e. The van der Waals surface area contributed by atoms with E-state index in [1.807, 2.05) is 24.3 Å². The molecule has 15 heavy (non-hydrogen) atoms. The Morgan fingerprint density at radius 3 is 2.53 bits per heavy atom. The molecule has 1 heterocycles. The Morgan fingerprint density at radius 2 is 1.87 bits per heavy atom. The van der Waals surface area contributed by atoms with E-state index in [1.54, 1.807) is 30.6 Å². The molecular formula is C12H10N2O. The van der Waals surface area contributed by atoms with E-state index in [0.29, 0.717) is 5.69 Å². The maximum absolute atomic E-state index is 11.6. The third-order valence-electron chi connectivity index (χ3n) is 1.96. The normalized spacial score (nSPS) is 11.3. The predicted molar refractivity (Wildman–Crippen MR) is 59.1 cm³/mol. The van der Waals surface area contributed by atoms with Crippen LogP contribution in [0, 0.1) is 5.21 Å². The summed E-state index contributed by atoms with van der Waals surface area (Å²) in [6.45, 7) is 0. The van der Waals surface area contributed by atoms with E-state index in [2.05, 4.69) is 4.98 Å². The molecule has 1 aromatic heterocycles. The molecule has 0 N–H and O–H groups in total. The maximum atomic E-state index is 11.6. The van der Waals surface area contributed by atoms with Gasteiger partial charge in [-0.05, 0) is 12.1 Å². The molecule has 1 aromatic carbocycles. The number of hydrogen-bond donors (Lipinski definition) is 0. The standard InChI is InChI=1S/C12H10N2O/c15-14(12-6-2-1-3-7-12)10-11-5-4-8-13-9-11/h1-10H/b14-10+. The van der Waals surface area contributed by atoms with Crippen molar-refractivity contribution >= 4 is 11.9 Å². The van der Waals surface area contributed by atoms with Gasteiger partial charge in [0.05, 0.1) is 5.56 Å². The zero-order valence-electron chi connectivity index (χ0n) is 8.08. The Bertz CT molecular complexity index is 452. The first-order valence-electron chi connectivity index (χ1n) is 4.62. The summed E-state index contributed by atoms with van der Waals surface area (Å²) in [6.07, 6.45) is 4.82. The van der Waals surface area contributed by atoms with Crippen molar-refractivity contribution in [2.45, 2.75) is 0 Å². The highest BCUT2D eigenvalue weighted by atomic mass is 16.5. The molecule has 0 saturated heterocycles. The minimum absolute atomic E-state index is 0.612. The van der Waals surface area contributed by atoms with Gasteiger partial charge in [-0.25, -0.2) is 0 Å². The van der Waals surface area contributed by atoms with Crippen molar-refractivity contribution in [1.29, 1.82) is 0 Å². The van der Waals surface area contributed by atoms with E-state index in [4.69, 9.17) is 0 Å². The summed E-state index contributed by atoms with van der Waals surface area (Å²) in [6, 6.07) is 12.7. The molecule has 2 aromatic rings. The summed E-state index contributed by atoms with van der Waals surface area (Å²) in [5, 5.41) is 11.6. The summed E-state index contributed by atoms with van der Waals surface area (Å²) in [4.78, 5) is 3.93. The van der Waals surface area contributed by atoms with Crippen LogP contribution in [0.25, 0.3) is 0 Å². The van der Waals surface area contributed by atoms with Gasteiger partial charge in [0.25, 0.3) is 0 Å². The zero-order chi connectivity index (χ0) is 10.5. The van der Waals surface area contributed by atoms with Crippen LogP contribution in [-0.2, 0) is 0 Å². The molecule has 0 radical (unpaired) electrons. The predicted octanol–water partition coefficient (Wildman–Crippen LogP) is 2.34. The Balaban J connectivity index is 2.29. The van der Waals surface area contributed by atoms with Gasteiger partial charge in [0.2, 0.25) is 5.69 Å². The van der Waals surface area contributed by atoms with Gasteiger partial charge in [0, 0.05) is 24.5 Å². The highest BCUT2D eigenvalue weighted by Gasteiger charge is 1.99. The number of pyridine rings is 1. The van der Waals surface area contributed by atoms with Crippen LogP contribution in [0.1, 0.15) is 5.56 Å². The van der Waals surface area contributed by atoms with Gasteiger partial charge in [0.15, 0.2) is 6.21 Å². The first kappa shape index (κ1) is 9.40. The van der Waals surface area contributed by atoms with E-state index < -0.39 is 0 Å². The Kier molecular flexibility index (Phi) is 2.74. The smallest absolute Gasteiger partial charge is 0.216 e. The Hall–Kier alpha value is -2.16. The second kappa shape index (κ2) is 4.37. The van der Waals surface area contributed by atoms with Gasteiger partial charge in [-0.3, -0.25) is 4.98 Å². The van der Waals surface area contributed by atoms with Gasteiger partial charge in [-0.2, -0.15) is 4.74 Å². The van der Waals surface area contributed by atoms with Crippen LogP contribution in [0.2, 0.25) is 0 Å². The molecule has 0 aliphatic heterocycles. The summed E-state index contributed by atoms with van der Waals surface area (Å²) in [5.41, 5.74) is 1.40. The van der Waals surface area contributed by atoms with Crippen LogP contribution in [-0.4, -0.2) is 15.9 Å². The minimum atomic E-state index is 0.612. The fourth-order valence-electron chi connectivity index (χ4n) is 1.24. The van der Waals surface area contributed by atoms with Crippen LogP contribution in [0.5, 0.6) is 0 Å². The number of rotatable bonds is 2. The van der Waals surface area contributed by atoms with Gasteiger partial charge in [-0.15, -0.1) is 0 Å². The SMILES string of the molecule is [O-]/[N+](=C/c1cccnc1)c1ccccc1. The molecule has 0 spiro atoms. The van der Waals surface area contributed by atoms with Crippen molar-refractivity contribution in [1.82, 2.24) is 4.98 Å². The van der Waals surface area contributed by atoms with Crippen molar-refractivity contribution < 1.29 is 4.74 Å². The molecular weight excluding hydrogens is 188 g/mol. The van der Waals surface area contributed by atoms with Crippen LogP contribution in [0.4, 0.5) is 5.69 Å². The molecule has 0 bridgehead atoms. The monoisotopic (exact) mass is 198 g/mol. The lowest BCUT2D eigenvalue weighted by atomic mass is 10.3. The lowest BCUT2D eigenvalue weighted by molar-refractivity contribution is -0.354. The van der Waals surface area contributed by atoms with E-state index in [9.17, 15) is 5.21 Å². The van der Waals surface area contributed by atoms with Crippen molar-refractivity contribution in [3.63, 3.8) is 0 Å². The number of nitrogens with zero attached hydrogens (tertiary/aromatic N) is 2. The summed E-state index contributed by atoms with van der Waals surface area (Å²) >= 11 is 0. The molecule has 74 valence electrons. The van der Waals surface area contributed by atoms with Crippen LogP contribution in [0.15, 0.2) is 54.9 Å². The van der Waals surface area contributed by atoms with E-state index in [0.717, 1.165) is 10.3 Å². The molecule has 0 aliphatic carbocycles. The molecule has 3 nitrogen and oxygen atoms in total. The quantitative estimate of drug-likeness (QED) is 0.321. The third kappa shape index (κ3) is 2.40. The second-order valence-corrected chi connectivity index (χ2v) is 3.08. The van der Waals surface area contributed by atoms with Crippen LogP contribution < -0.4 is 0 Å². The lowest BCUT2D eigenvalue weighted by Crippen LogP contribution is -1.98. The number of benzene rings is 1. The topological polar surface area (TPSA) is 39.0 Å². The van der Waals surface area contributed by atoms with Crippen LogP contribution in [0.3, 0.4) is 0 Å². The Morgan fingerprint density at radius 1 is 1.07 bits per heavy atom. The highest BCUT2D eigenvalue weighted by molar-refractivity contribution is 5.75. The number of hydrogen-bond acceptors (Lipinski definition) is 2. The molecule has 0 fully saturated rings. The summed E-state index contributed by atoms with van der Waals surface area (Å²) < 4.78 is 0.830. The van der Waals surface area contributed by atoms with Crippen molar-refractivity contribution in [2.24, 2.45) is 0 Å². The molecule has 0 amide bonds. The maximum Gasteiger partial charge on any atom is 0.216 e. The molecule has 0 saturated carbocycles. The van der Waals surface area contributed by atoms with Gasteiger partial charge in [-0.1, -0.05) is 18.2 Å². The molecule has 0 aliphatic rings. The average Bonchev–Trinajstić information content (AvgIpc) is 2.31. The van der Waals surface area contributed by atoms with Gasteiger partial charge < -0.3 is 5.21 Å². The first-order valence-corrected chi connectivity index (χ1v) is 4.62. The number of para-hydroxylation sites is 1. The summed E-state index contributed by atoms with van der Waals surface area (Å²) in [7, 11) is 0. The largest absolute Gasteiger partial charge is 0.618 e. The second-order valence-electron chi connectivity index (χ2n) is 3.08. The summed E-state index contributed by atoms with van der Waals surface area (Å²) in [5.74, 6) is 0.